The molecule has 1 aromatic rings. The van der Waals surface area contributed by atoms with Gasteiger partial charge in [-0.05, 0) is 25.0 Å². The molecular weight excluding hydrogens is 242 g/mol. The normalized spacial score (nSPS) is 14.3. The molecule has 0 spiro atoms. The van der Waals surface area contributed by atoms with Crippen LogP contribution in [0.3, 0.4) is 0 Å². The second-order valence-electron chi connectivity index (χ2n) is 3.52. The third-order valence-electron chi connectivity index (χ3n) is 2.29. The zero-order valence-corrected chi connectivity index (χ0v) is 9.65. The number of hydrogen-bond acceptors (Lipinski definition) is 4. The van der Waals surface area contributed by atoms with Gasteiger partial charge in [-0.15, -0.1) is 0 Å². The number of halogens is 1. The van der Waals surface area contributed by atoms with Gasteiger partial charge in [0.05, 0.1) is 4.92 Å². The Morgan fingerprint density at radius 1 is 1.41 bits per heavy atom. The standard InChI is InChI=1S/C11H10ClN3O2/c12-10-7-6-9(15(16)17)11(14-10)13-8-4-2-1-3-5-8/h2,4-7H,1,3H2,(H,13,14). The van der Waals surface area contributed by atoms with E-state index in [-0.39, 0.29) is 16.7 Å². The molecule has 1 N–H and O–H groups in total. The van der Waals surface area contributed by atoms with Gasteiger partial charge < -0.3 is 5.32 Å². The molecule has 0 amide bonds. The first kappa shape index (κ1) is 11.6. The molecule has 0 aliphatic heterocycles. The molecule has 1 aliphatic carbocycles. The van der Waals surface area contributed by atoms with E-state index in [4.69, 9.17) is 11.6 Å². The van der Waals surface area contributed by atoms with E-state index in [9.17, 15) is 10.1 Å². The predicted molar refractivity (Wildman–Crippen MR) is 66.0 cm³/mol. The van der Waals surface area contributed by atoms with Crippen LogP contribution in [0.4, 0.5) is 11.5 Å². The van der Waals surface area contributed by atoms with Gasteiger partial charge in [-0.2, -0.15) is 0 Å². The summed E-state index contributed by atoms with van der Waals surface area (Å²) in [4.78, 5) is 14.3. The maximum Gasteiger partial charge on any atom is 0.311 e. The molecule has 1 aromatic heterocycles. The monoisotopic (exact) mass is 251 g/mol. The highest BCUT2D eigenvalue weighted by Gasteiger charge is 2.16. The van der Waals surface area contributed by atoms with E-state index in [1.54, 1.807) is 0 Å². The predicted octanol–water partition coefficient (Wildman–Crippen LogP) is 3.29. The lowest BCUT2D eigenvalue weighted by molar-refractivity contribution is -0.384. The average molecular weight is 252 g/mol. The average Bonchev–Trinajstić information content (AvgIpc) is 2.30. The van der Waals surface area contributed by atoms with Crippen molar-refractivity contribution in [1.29, 1.82) is 0 Å². The molecular formula is C11H10ClN3O2. The summed E-state index contributed by atoms with van der Waals surface area (Å²) in [5.74, 6) is 0.167. The van der Waals surface area contributed by atoms with Gasteiger partial charge in [0, 0.05) is 11.8 Å². The fraction of sp³-hybridized carbons (Fsp3) is 0.182. The third kappa shape index (κ3) is 2.82. The van der Waals surface area contributed by atoms with Crippen LogP contribution in [0, 0.1) is 10.1 Å². The van der Waals surface area contributed by atoms with E-state index in [2.05, 4.69) is 10.3 Å². The van der Waals surface area contributed by atoms with E-state index in [1.807, 2.05) is 18.2 Å². The molecule has 1 heterocycles. The summed E-state index contributed by atoms with van der Waals surface area (Å²) in [7, 11) is 0. The highest BCUT2D eigenvalue weighted by atomic mass is 35.5. The van der Waals surface area contributed by atoms with E-state index < -0.39 is 4.92 Å². The van der Waals surface area contributed by atoms with Crippen LogP contribution in [0.2, 0.25) is 5.15 Å². The number of anilines is 1. The Hall–Kier alpha value is -1.88. The maximum absolute atomic E-state index is 10.8. The number of nitrogens with zero attached hydrogens (tertiary/aromatic N) is 2. The molecule has 0 aromatic carbocycles. The van der Waals surface area contributed by atoms with Crippen LogP contribution in [0.25, 0.3) is 0 Å². The molecule has 0 radical (unpaired) electrons. The molecule has 0 bridgehead atoms. The van der Waals surface area contributed by atoms with Gasteiger partial charge in [0.15, 0.2) is 0 Å². The summed E-state index contributed by atoms with van der Waals surface area (Å²) in [6.45, 7) is 0. The van der Waals surface area contributed by atoms with Gasteiger partial charge in [0.2, 0.25) is 5.82 Å². The van der Waals surface area contributed by atoms with Gasteiger partial charge in [0.25, 0.3) is 0 Å². The number of nitro groups is 1. The Morgan fingerprint density at radius 3 is 2.88 bits per heavy atom. The minimum absolute atomic E-state index is 0.0886. The molecule has 88 valence electrons. The van der Waals surface area contributed by atoms with Crippen LogP contribution in [-0.4, -0.2) is 9.91 Å². The quantitative estimate of drug-likeness (QED) is 0.508. The molecule has 0 fully saturated rings. The minimum atomic E-state index is -0.487. The zero-order valence-electron chi connectivity index (χ0n) is 8.89. The number of aromatic nitrogens is 1. The highest BCUT2D eigenvalue weighted by Crippen LogP contribution is 2.26. The summed E-state index contributed by atoms with van der Waals surface area (Å²) in [5.41, 5.74) is 0.711. The molecule has 17 heavy (non-hydrogen) atoms. The summed E-state index contributed by atoms with van der Waals surface area (Å²) >= 11 is 5.73. The van der Waals surface area contributed by atoms with Crippen LogP contribution in [0.1, 0.15) is 12.8 Å². The second kappa shape index (κ2) is 4.97. The van der Waals surface area contributed by atoms with Crippen molar-refractivity contribution in [2.45, 2.75) is 12.8 Å². The molecule has 1 aliphatic rings. The lowest BCUT2D eigenvalue weighted by Gasteiger charge is -2.09. The number of pyridine rings is 1. The summed E-state index contributed by atoms with van der Waals surface area (Å²) < 4.78 is 0. The molecule has 0 unspecified atom stereocenters. The van der Waals surface area contributed by atoms with Crippen LogP contribution in [0.5, 0.6) is 0 Å². The molecule has 5 nitrogen and oxygen atoms in total. The number of hydrogen-bond donors (Lipinski definition) is 1. The topological polar surface area (TPSA) is 68.1 Å². The summed E-state index contributed by atoms with van der Waals surface area (Å²) in [6.07, 6.45) is 7.73. The number of nitrogens with one attached hydrogen (secondary N) is 1. The Morgan fingerprint density at radius 2 is 2.24 bits per heavy atom. The number of rotatable bonds is 3. The smallest absolute Gasteiger partial charge is 0.311 e. The van der Waals surface area contributed by atoms with Crippen molar-refractivity contribution in [3.8, 4) is 0 Å². The van der Waals surface area contributed by atoms with Crippen molar-refractivity contribution in [3.05, 3.63) is 51.3 Å². The van der Waals surface area contributed by atoms with Gasteiger partial charge in [-0.3, -0.25) is 10.1 Å². The van der Waals surface area contributed by atoms with E-state index in [0.29, 0.717) is 0 Å². The third-order valence-corrected chi connectivity index (χ3v) is 2.50. The van der Waals surface area contributed by atoms with E-state index in [1.165, 1.54) is 12.1 Å². The SMILES string of the molecule is O=[N+]([O-])c1ccc(Cl)nc1NC1=CCCC=C1. The Kier molecular flexibility index (Phi) is 3.39. The Labute approximate surface area is 103 Å². The lowest BCUT2D eigenvalue weighted by atomic mass is 10.1. The first-order valence-corrected chi connectivity index (χ1v) is 5.49. The van der Waals surface area contributed by atoms with Gasteiger partial charge >= 0.3 is 5.69 Å². The first-order valence-electron chi connectivity index (χ1n) is 5.11. The van der Waals surface area contributed by atoms with Crippen LogP contribution in [-0.2, 0) is 0 Å². The fourth-order valence-corrected chi connectivity index (χ4v) is 1.66. The summed E-state index contributed by atoms with van der Waals surface area (Å²) in [6, 6.07) is 2.74. The van der Waals surface area contributed by atoms with Crippen molar-refractivity contribution in [2.24, 2.45) is 0 Å². The lowest BCUT2D eigenvalue weighted by Crippen LogP contribution is -2.04. The van der Waals surface area contributed by atoms with Crippen molar-refractivity contribution in [1.82, 2.24) is 4.98 Å². The second-order valence-corrected chi connectivity index (χ2v) is 3.91. The minimum Gasteiger partial charge on any atom is -0.335 e. The zero-order chi connectivity index (χ0) is 12.3. The molecule has 0 saturated heterocycles. The van der Waals surface area contributed by atoms with Crippen molar-refractivity contribution in [2.75, 3.05) is 5.32 Å². The Bertz CT molecular complexity index is 511. The van der Waals surface area contributed by atoms with E-state index >= 15 is 0 Å². The van der Waals surface area contributed by atoms with Crippen molar-refractivity contribution in [3.63, 3.8) is 0 Å². The maximum atomic E-state index is 10.8. The van der Waals surface area contributed by atoms with Crippen molar-refractivity contribution >= 4 is 23.1 Å². The summed E-state index contributed by atoms with van der Waals surface area (Å²) in [5, 5.41) is 13.9. The highest BCUT2D eigenvalue weighted by molar-refractivity contribution is 6.29. The molecule has 0 saturated carbocycles. The van der Waals surface area contributed by atoms with Gasteiger partial charge in [-0.25, -0.2) is 4.98 Å². The van der Waals surface area contributed by atoms with Gasteiger partial charge in [0.1, 0.15) is 5.15 Å². The molecule has 0 atom stereocenters. The Balaban J connectivity index is 2.30. The first-order chi connectivity index (χ1) is 8.16. The van der Waals surface area contributed by atoms with Crippen LogP contribution in [0.15, 0.2) is 36.1 Å². The van der Waals surface area contributed by atoms with E-state index in [0.717, 1.165) is 18.5 Å². The van der Waals surface area contributed by atoms with Crippen LogP contribution < -0.4 is 5.32 Å². The fourth-order valence-electron chi connectivity index (χ4n) is 1.51. The number of allylic oxidation sites excluding steroid dienone is 3. The van der Waals surface area contributed by atoms with Crippen LogP contribution >= 0.6 is 11.6 Å². The molecule has 2 rings (SSSR count). The van der Waals surface area contributed by atoms with Gasteiger partial charge in [-0.1, -0.05) is 23.8 Å². The molecule has 6 heteroatoms. The van der Waals surface area contributed by atoms with Crippen molar-refractivity contribution < 1.29 is 4.92 Å². The largest absolute Gasteiger partial charge is 0.335 e.